The lowest BCUT2D eigenvalue weighted by Gasteiger charge is -2.40. The molecule has 242 valence electrons. The van der Waals surface area contributed by atoms with Crippen molar-refractivity contribution in [2.45, 2.75) is 82.0 Å². The van der Waals surface area contributed by atoms with E-state index in [1.807, 2.05) is 38.1 Å². The molecule has 44 heavy (non-hydrogen) atoms. The van der Waals surface area contributed by atoms with Crippen LogP contribution in [0.3, 0.4) is 0 Å². The van der Waals surface area contributed by atoms with Crippen molar-refractivity contribution in [3.05, 3.63) is 49.6 Å². The molecule has 3 unspecified atom stereocenters. The van der Waals surface area contributed by atoms with Gasteiger partial charge in [0.1, 0.15) is 11.6 Å². The quantitative estimate of drug-likeness (QED) is 0.117. The lowest BCUT2D eigenvalue weighted by Crippen LogP contribution is -2.59. The molecule has 3 fully saturated rings. The highest BCUT2D eigenvalue weighted by molar-refractivity contribution is 9.09. The summed E-state index contributed by atoms with van der Waals surface area (Å²) in [7, 11) is 0. The number of ether oxygens (including phenoxy) is 2. The first-order chi connectivity index (χ1) is 21.1. The lowest BCUT2D eigenvalue weighted by atomic mass is 9.70. The van der Waals surface area contributed by atoms with E-state index in [1.165, 1.54) is 4.90 Å². The summed E-state index contributed by atoms with van der Waals surface area (Å²) in [5.74, 6) is -2.75. The third kappa shape index (κ3) is 6.22. The highest BCUT2D eigenvalue weighted by Crippen LogP contribution is 2.61. The van der Waals surface area contributed by atoms with Crippen LogP contribution in [0.4, 0.5) is 11.4 Å². The molecule has 0 saturated carbocycles. The minimum Gasteiger partial charge on any atom is -0.465 e. The molecule has 3 heterocycles. The average molecular weight is 675 g/mol. The molecule has 1 N–H and O–H groups in total. The number of carbonyl (C=O) groups excluding carboxylic acids is 3. The van der Waals surface area contributed by atoms with Gasteiger partial charge in [-0.3, -0.25) is 14.4 Å². The van der Waals surface area contributed by atoms with E-state index in [9.17, 15) is 19.5 Å². The van der Waals surface area contributed by atoms with Crippen LogP contribution in [0.5, 0.6) is 0 Å². The zero-order valence-corrected chi connectivity index (χ0v) is 28.1. The van der Waals surface area contributed by atoms with Gasteiger partial charge in [-0.05, 0) is 69.7 Å². The third-order valence-electron chi connectivity index (χ3n) is 9.25. The number of benzene rings is 1. The average Bonchev–Trinajstić information content (AvgIpc) is 3.60. The fourth-order valence-electron chi connectivity index (χ4n) is 7.36. The second-order valence-corrected chi connectivity index (χ2v) is 13.6. The van der Waals surface area contributed by atoms with Crippen molar-refractivity contribution < 1.29 is 29.0 Å². The van der Waals surface area contributed by atoms with Gasteiger partial charge in [-0.15, -0.1) is 13.2 Å². The Bertz CT molecular complexity index is 1200. The first-order valence-corrected chi connectivity index (χ1v) is 16.8. The summed E-state index contributed by atoms with van der Waals surface area (Å²) in [5, 5.41) is 10.6. The lowest BCUT2D eigenvalue weighted by molar-refractivity contribution is -0.155. The van der Waals surface area contributed by atoms with E-state index in [-0.39, 0.29) is 42.3 Å². The maximum absolute atomic E-state index is 14.9. The molecule has 1 spiro atoms. The van der Waals surface area contributed by atoms with E-state index in [0.717, 1.165) is 18.8 Å². The number of aliphatic hydroxyl groups excluding tert-OH is 1. The Morgan fingerprint density at radius 1 is 1.18 bits per heavy atom. The minimum absolute atomic E-state index is 0.150. The SMILES string of the molecule is C=CCCCOC(=O)[C@H]1[C@H]2C(=O)N([C@@H](CO)CC(C)C)C(C(=O)N(CC=C)c3ccc(N(CC)CC)cc3)C23CC(Br)[C@@H]1O3. The van der Waals surface area contributed by atoms with Gasteiger partial charge >= 0.3 is 5.97 Å². The van der Waals surface area contributed by atoms with Crippen molar-refractivity contribution in [3.8, 4) is 0 Å². The molecule has 2 bridgehead atoms. The summed E-state index contributed by atoms with van der Waals surface area (Å²) in [4.78, 5) is 48.0. The fourth-order valence-corrected chi connectivity index (χ4v) is 8.30. The van der Waals surface area contributed by atoms with Gasteiger partial charge in [-0.25, -0.2) is 0 Å². The van der Waals surface area contributed by atoms with Crippen LogP contribution in [-0.2, 0) is 23.9 Å². The number of anilines is 2. The van der Waals surface area contributed by atoms with Crippen molar-refractivity contribution >= 4 is 45.1 Å². The zero-order valence-electron chi connectivity index (χ0n) is 26.5. The van der Waals surface area contributed by atoms with Crippen molar-refractivity contribution in [3.63, 3.8) is 0 Å². The molecule has 3 saturated heterocycles. The molecular formula is C34H48BrN3O6. The van der Waals surface area contributed by atoms with Gasteiger partial charge in [0.2, 0.25) is 5.91 Å². The van der Waals surface area contributed by atoms with Crippen LogP contribution in [0.25, 0.3) is 0 Å². The molecule has 4 rings (SSSR count). The summed E-state index contributed by atoms with van der Waals surface area (Å²) >= 11 is 3.72. The molecular weight excluding hydrogens is 626 g/mol. The Morgan fingerprint density at radius 3 is 2.41 bits per heavy atom. The smallest absolute Gasteiger partial charge is 0.312 e. The Labute approximate surface area is 270 Å². The van der Waals surface area contributed by atoms with Crippen LogP contribution in [0.2, 0.25) is 0 Å². The monoisotopic (exact) mass is 673 g/mol. The number of alkyl halides is 1. The van der Waals surface area contributed by atoms with Crippen LogP contribution >= 0.6 is 15.9 Å². The van der Waals surface area contributed by atoms with Crippen LogP contribution in [-0.4, -0.2) is 89.3 Å². The molecule has 0 aliphatic carbocycles. The van der Waals surface area contributed by atoms with Gasteiger partial charge < -0.3 is 29.3 Å². The number of unbranched alkanes of at least 4 members (excludes halogenated alkanes) is 1. The molecule has 0 aromatic heterocycles. The van der Waals surface area contributed by atoms with Gasteiger partial charge in [0.25, 0.3) is 5.91 Å². The van der Waals surface area contributed by atoms with Crippen LogP contribution in [0.15, 0.2) is 49.6 Å². The number of rotatable bonds is 16. The highest BCUT2D eigenvalue weighted by Gasteiger charge is 2.77. The second kappa shape index (κ2) is 14.6. The number of halogens is 1. The number of aliphatic hydroxyl groups is 1. The van der Waals surface area contributed by atoms with Gasteiger partial charge in [0, 0.05) is 35.8 Å². The Kier molecular flexibility index (Phi) is 11.3. The fraction of sp³-hybridized carbons (Fsp3) is 0.618. The van der Waals surface area contributed by atoms with Gasteiger partial charge in [0.15, 0.2) is 0 Å². The molecule has 0 radical (unpaired) electrons. The molecule has 9 nitrogen and oxygen atoms in total. The van der Waals surface area contributed by atoms with Crippen LogP contribution in [0.1, 0.15) is 53.4 Å². The molecule has 1 aromatic rings. The first kappa shape index (κ1) is 34.2. The molecule has 1 aromatic carbocycles. The molecule has 2 amide bonds. The zero-order chi connectivity index (χ0) is 32.2. The van der Waals surface area contributed by atoms with E-state index in [4.69, 9.17) is 9.47 Å². The Balaban J connectivity index is 1.77. The Morgan fingerprint density at radius 2 is 1.84 bits per heavy atom. The Hall–Kier alpha value is -2.69. The van der Waals surface area contributed by atoms with Crippen molar-refractivity contribution in [2.75, 3.05) is 42.6 Å². The van der Waals surface area contributed by atoms with Crippen LogP contribution < -0.4 is 9.80 Å². The van der Waals surface area contributed by atoms with Gasteiger partial charge in [-0.1, -0.05) is 41.9 Å². The number of allylic oxidation sites excluding steroid dienone is 1. The normalized spacial score (nSPS) is 27.8. The predicted molar refractivity (Wildman–Crippen MR) is 176 cm³/mol. The molecule has 7 atom stereocenters. The minimum atomic E-state index is -1.25. The molecule has 3 aliphatic heterocycles. The number of hydrogen-bond donors (Lipinski definition) is 1. The van der Waals surface area contributed by atoms with Gasteiger partial charge in [-0.2, -0.15) is 0 Å². The number of esters is 1. The number of likely N-dealkylation sites (tertiary alicyclic amines) is 1. The topological polar surface area (TPSA) is 99.6 Å². The van der Waals surface area contributed by atoms with E-state index in [0.29, 0.717) is 31.4 Å². The molecule has 3 aliphatic rings. The second-order valence-electron chi connectivity index (χ2n) is 12.4. The third-order valence-corrected chi connectivity index (χ3v) is 10.1. The maximum Gasteiger partial charge on any atom is 0.312 e. The summed E-state index contributed by atoms with van der Waals surface area (Å²) in [6.07, 6.45) is 5.03. The van der Waals surface area contributed by atoms with E-state index in [1.54, 1.807) is 17.1 Å². The summed E-state index contributed by atoms with van der Waals surface area (Å²) in [5.41, 5.74) is 0.472. The number of fused-ring (bicyclic) bond motifs is 1. The number of amides is 2. The number of hydrogen-bond acceptors (Lipinski definition) is 7. The highest BCUT2D eigenvalue weighted by atomic mass is 79.9. The van der Waals surface area contributed by atoms with Crippen LogP contribution in [0, 0.1) is 17.8 Å². The van der Waals surface area contributed by atoms with Crippen molar-refractivity contribution in [1.82, 2.24) is 4.90 Å². The van der Waals surface area contributed by atoms with E-state index < -0.39 is 41.6 Å². The number of carbonyl (C=O) groups is 3. The van der Waals surface area contributed by atoms with E-state index in [2.05, 4.69) is 47.8 Å². The standard InChI is InChI=1S/C34H48BrN3O6/c1-7-11-12-18-43-33(42)27-28-31(40)38(25(21-39)19-22(5)6)30(34(28)20-26(35)29(27)44-34)32(41)37(17-8-2)24-15-13-23(14-16-24)36(9-3)10-4/h7-8,13-16,22,25-30,39H,1-2,9-12,17-21H2,3-6H3/t25-,26?,27+,28+,29+,30?,34?/m1/s1. The maximum atomic E-state index is 14.9. The van der Waals surface area contributed by atoms with Crippen molar-refractivity contribution in [1.29, 1.82) is 0 Å². The summed E-state index contributed by atoms with van der Waals surface area (Å²) in [6, 6.07) is 6.14. The number of nitrogens with zero attached hydrogens (tertiary/aromatic N) is 3. The largest absolute Gasteiger partial charge is 0.465 e. The first-order valence-electron chi connectivity index (χ1n) is 15.9. The molecule has 10 heteroatoms. The summed E-state index contributed by atoms with van der Waals surface area (Å²) < 4.78 is 12.3. The predicted octanol–water partition coefficient (Wildman–Crippen LogP) is 4.72. The van der Waals surface area contributed by atoms with E-state index >= 15 is 0 Å². The van der Waals surface area contributed by atoms with Gasteiger partial charge in [0.05, 0.1) is 37.2 Å². The van der Waals surface area contributed by atoms with Crippen molar-refractivity contribution in [2.24, 2.45) is 17.8 Å². The summed E-state index contributed by atoms with van der Waals surface area (Å²) in [6.45, 7) is 17.7.